The Bertz CT molecular complexity index is 624. The standard InChI is InChI=1S/C11H17N3O5S/c1-3-13-6-10(12-7(13)2)20(18,19)14-5-8(15)4-9(14)11(16)17/h6,8-9,15H,3-5H2,1-2H3,(H,16,17)/t8-,9+/m1/s1. The van der Waals surface area contributed by atoms with Crippen molar-refractivity contribution in [3.05, 3.63) is 12.0 Å². The van der Waals surface area contributed by atoms with E-state index in [2.05, 4.69) is 4.98 Å². The minimum Gasteiger partial charge on any atom is -0.480 e. The summed E-state index contributed by atoms with van der Waals surface area (Å²) in [6.07, 6.45) is 0.302. The van der Waals surface area contributed by atoms with Gasteiger partial charge in [-0.1, -0.05) is 0 Å². The largest absolute Gasteiger partial charge is 0.480 e. The molecule has 1 aliphatic heterocycles. The molecule has 112 valence electrons. The molecule has 20 heavy (non-hydrogen) atoms. The number of aryl methyl sites for hydroxylation is 2. The predicted molar refractivity (Wildman–Crippen MR) is 68.6 cm³/mol. The van der Waals surface area contributed by atoms with Gasteiger partial charge in [0.15, 0.2) is 5.03 Å². The van der Waals surface area contributed by atoms with E-state index in [1.165, 1.54) is 6.20 Å². The van der Waals surface area contributed by atoms with Crippen LogP contribution >= 0.6 is 0 Å². The summed E-state index contributed by atoms with van der Waals surface area (Å²) in [6, 6.07) is -1.25. The molecule has 1 fully saturated rings. The molecule has 2 N–H and O–H groups in total. The Morgan fingerprint density at radius 2 is 2.20 bits per heavy atom. The van der Waals surface area contributed by atoms with Gasteiger partial charge >= 0.3 is 5.97 Å². The molecule has 2 atom stereocenters. The Hall–Kier alpha value is -1.45. The van der Waals surface area contributed by atoms with E-state index in [9.17, 15) is 18.3 Å². The average Bonchev–Trinajstić information content (AvgIpc) is 2.93. The van der Waals surface area contributed by atoms with Crippen LogP contribution in [-0.2, 0) is 21.4 Å². The summed E-state index contributed by atoms with van der Waals surface area (Å²) in [5.74, 6) is -0.727. The van der Waals surface area contributed by atoms with E-state index in [0.717, 1.165) is 4.31 Å². The first kappa shape index (κ1) is 14.9. The number of nitrogens with zero attached hydrogens (tertiary/aromatic N) is 3. The van der Waals surface area contributed by atoms with E-state index >= 15 is 0 Å². The highest BCUT2D eigenvalue weighted by Gasteiger charge is 2.44. The van der Waals surface area contributed by atoms with E-state index in [1.807, 2.05) is 6.92 Å². The number of carbonyl (C=O) groups is 1. The molecule has 9 heteroatoms. The summed E-state index contributed by atoms with van der Waals surface area (Å²) in [5.41, 5.74) is 0. The van der Waals surface area contributed by atoms with Gasteiger partial charge in [0.1, 0.15) is 11.9 Å². The van der Waals surface area contributed by atoms with Crippen LogP contribution in [0.25, 0.3) is 0 Å². The van der Waals surface area contributed by atoms with E-state index in [1.54, 1.807) is 11.5 Å². The van der Waals surface area contributed by atoms with Crippen molar-refractivity contribution in [3.63, 3.8) is 0 Å². The molecule has 0 bridgehead atoms. The molecule has 8 nitrogen and oxygen atoms in total. The van der Waals surface area contributed by atoms with Crippen LogP contribution in [0.15, 0.2) is 11.2 Å². The number of hydrogen-bond donors (Lipinski definition) is 2. The fourth-order valence-electron chi connectivity index (χ4n) is 2.32. The van der Waals surface area contributed by atoms with Crippen molar-refractivity contribution in [3.8, 4) is 0 Å². The molecule has 0 radical (unpaired) electrons. The third kappa shape index (κ3) is 2.43. The van der Waals surface area contributed by atoms with Crippen LogP contribution in [0.3, 0.4) is 0 Å². The predicted octanol–water partition coefficient (Wildman–Crippen LogP) is -0.580. The molecule has 2 heterocycles. The Labute approximate surface area is 116 Å². The maximum Gasteiger partial charge on any atom is 0.322 e. The number of hydrogen-bond acceptors (Lipinski definition) is 5. The molecule has 0 amide bonds. The van der Waals surface area contributed by atoms with Crippen molar-refractivity contribution >= 4 is 16.0 Å². The first-order chi connectivity index (χ1) is 9.27. The number of aliphatic hydroxyl groups excluding tert-OH is 1. The summed E-state index contributed by atoms with van der Waals surface area (Å²) in [4.78, 5) is 15.1. The minimum absolute atomic E-state index is 0.109. The molecule has 0 aliphatic carbocycles. The third-order valence-electron chi connectivity index (χ3n) is 3.39. The van der Waals surface area contributed by atoms with Gasteiger partial charge in [-0.25, -0.2) is 13.4 Å². The normalized spacial score (nSPS) is 24.1. The summed E-state index contributed by atoms with van der Waals surface area (Å²) >= 11 is 0. The van der Waals surface area contributed by atoms with Gasteiger partial charge in [-0.3, -0.25) is 4.79 Å². The first-order valence-electron chi connectivity index (χ1n) is 6.23. The van der Waals surface area contributed by atoms with Crippen molar-refractivity contribution in [1.82, 2.24) is 13.9 Å². The van der Waals surface area contributed by atoms with Gasteiger partial charge in [-0.05, 0) is 13.8 Å². The fourth-order valence-corrected chi connectivity index (χ4v) is 3.95. The maximum absolute atomic E-state index is 12.5. The average molecular weight is 303 g/mol. The summed E-state index contributed by atoms with van der Waals surface area (Å²) in [7, 11) is -4.02. The molecule has 1 saturated heterocycles. The van der Waals surface area contributed by atoms with Crippen molar-refractivity contribution < 1.29 is 23.4 Å². The van der Waals surface area contributed by atoms with Crippen LogP contribution in [-0.4, -0.2) is 57.1 Å². The lowest BCUT2D eigenvalue weighted by Gasteiger charge is -2.19. The topological polar surface area (TPSA) is 113 Å². The van der Waals surface area contributed by atoms with Crippen LogP contribution in [0.4, 0.5) is 0 Å². The SMILES string of the molecule is CCn1cc(S(=O)(=O)N2C[C@H](O)C[C@H]2C(=O)O)nc1C. The Balaban J connectivity index is 2.40. The van der Waals surface area contributed by atoms with Crippen LogP contribution < -0.4 is 0 Å². The molecule has 1 aromatic rings. The van der Waals surface area contributed by atoms with Crippen LogP contribution in [0, 0.1) is 6.92 Å². The number of aromatic nitrogens is 2. The van der Waals surface area contributed by atoms with E-state index < -0.39 is 28.1 Å². The van der Waals surface area contributed by atoms with Gasteiger partial charge < -0.3 is 14.8 Å². The maximum atomic E-state index is 12.5. The van der Waals surface area contributed by atoms with Gasteiger partial charge in [-0.2, -0.15) is 4.31 Å². The molecule has 0 saturated carbocycles. The summed E-state index contributed by atoms with van der Waals surface area (Å²) in [5, 5.41) is 18.4. The van der Waals surface area contributed by atoms with Crippen molar-refractivity contribution in [2.24, 2.45) is 0 Å². The molecule has 1 aromatic heterocycles. The Morgan fingerprint density at radius 1 is 1.55 bits per heavy atom. The Morgan fingerprint density at radius 3 is 2.70 bits per heavy atom. The zero-order chi connectivity index (χ0) is 15.1. The van der Waals surface area contributed by atoms with Crippen molar-refractivity contribution in [1.29, 1.82) is 0 Å². The smallest absolute Gasteiger partial charge is 0.322 e. The van der Waals surface area contributed by atoms with Gasteiger partial charge in [0, 0.05) is 25.7 Å². The van der Waals surface area contributed by atoms with Crippen molar-refractivity contribution in [2.75, 3.05) is 6.54 Å². The molecular weight excluding hydrogens is 286 g/mol. The highest BCUT2D eigenvalue weighted by Crippen LogP contribution is 2.26. The Kier molecular flexibility index (Phi) is 3.85. The first-order valence-corrected chi connectivity index (χ1v) is 7.67. The van der Waals surface area contributed by atoms with E-state index in [0.29, 0.717) is 12.4 Å². The van der Waals surface area contributed by atoms with Crippen molar-refractivity contribution in [2.45, 2.75) is 44.0 Å². The minimum atomic E-state index is -4.02. The van der Waals surface area contributed by atoms with Gasteiger partial charge in [0.2, 0.25) is 0 Å². The molecule has 1 aliphatic rings. The number of β-amino-alcohol motifs (C(OH)–C–C–N with tert-alkyl or cyclic N) is 1. The van der Waals surface area contributed by atoms with Gasteiger partial charge in [-0.15, -0.1) is 0 Å². The van der Waals surface area contributed by atoms with Crippen LogP contribution in [0.1, 0.15) is 19.2 Å². The molecule has 0 spiro atoms. The monoisotopic (exact) mass is 303 g/mol. The van der Waals surface area contributed by atoms with Crippen LogP contribution in [0.5, 0.6) is 0 Å². The second-order valence-electron chi connectivity index (χ2n) is 4.73. The number of sulfonamides is 1. The van der Waals surface area contributed by atoms with Gasteiger partial charge in [0.05, 0.1) is 6.10 Å². The van der Waals surface area contributed by atoms with E-state index in [4.69, 9.17) is 5.11 Å². The molecule has 0 unspecified atom stereocenters. The number of carboxylic acids is 1. The number of imidazole rings is 1. The quantitative estimate of drug-likeness (QED) is 0.769. The number of rotatable bonds is 4. The highest BCUT2D eigenvalue weighted by atomic mass is 32.2. The highest BCUT2D eigenvalue weighted by molar-refractivity contribution is 7.89. The fraction of sp³-hybridized carbons (Fsp3) is 0.636. The number of carboxylic acid groups (broad SMARTS) is 1. The zero-order valence-corrected chi connectivity index (χ0v) is 12.0. The number of aliphatic hydroxyl groups is 1. The van der Waals surface area contributed by atoms with Gasteiger partial charge in [0.25, 0.3) is 10.0 Å². The molecule has 0 aromatic carbocycles. The zero-order valence-electron chi connectivity index (χ0n) is 11.2. The molecule has 2 rings (SSSR count). The molecular formula is C11H17N3O5S. The summed E-state index contributed by atoms with van der Waals surface area (Å²) in [6.45, 7) is 3.87. The summed E-state index contributed by atoms with van der Waals surface area (Å²) < 4.78 is 27.4. The second-order valence-corrected chi connectivity index (χ2v) is 6.57. The second kappa shape index (κ2) is 5.15. The lowest BCUT2D eigenvalue weighted by atomic mass is 10.2. The van der Waals surface area contributed by atoms with Crippen LogP contribution in [0.2, 0.25) is 0 Å². The lowest BCUT2D eigenvalue weighted by molar-refractivity contribution is -0.140. The lowest BCUT2D eigenvalue weighted by Crippen LogP contribution is -2.40. The third-order valence-corrected chi connectivity index (χ3v) is 5.13. The number of aliphatic carboxylic acids is 1. The van der Waals surface area contributed by atoms with E-state index in [-0.39, 0.29) is 18.0 Å².